The van der Waals surface area contributed by atoms with E-state index >= 15 is 0 Å². The van der Waals surface area contributed by atoms with E-state index in [1.54, 1.807) is 7.11 Å². The maximum Gasteiger partial charge on any atom is 0.161 e. The molecule has 1 radical (unpaired) electrons. The van der Waals surface area contributed by atoms with Crippen molar-refractivity contribution in [1.29, 1.82) is 0 Å². The van der Waals surface area contributed by atoms with Gasteiger partial charge in [-0.3, -0.25) is 0 Å². The van der Waals surface area contributed by atoms with Gasteiger partial charge in [-0.25, -0.2) is 0 Å². The molecule has 0 spiro atoms. The number of ether oxygens (including phenoxy) is 3. The summed E-state index contributed by atoms with van der Waals surface area (Å²) in [5.74, 6) is 2.27. The first kappa shape index (κ1) is 21.8. The van der Waals surface area contributed by atoms with Crippen LogP contribution in [0.15, 0.2) is 42.5 Å². The van der Waals surface area contributed by atoms with Crippen molar-refractivity contribution in [3.63, 3.8) is 0 Å². The van der Waals surface area contributed by atoms with E-state index in [0.717, 1.165) is 50.2 Å². The Morgan fingerprint density at radius 3 is 2.47 bits per heavy atom. The van der Waals surface area contributed by atoms with Gasteiger partial charge in [0.2, 0.25) is 0 Å². The molecule has 1 saturated carbocycles. The summed E-state index contributed by atoms with van der Waals surface area (Å²) in [6.45, 7) is 4.99. The normalized spacial score (nSPS) is 30.9. The van der Waals surface area contributed by atoms with Gasteiger partial charge in [0.15, 0.2) is 11.5 Å². The average Bonchev–Trinajstić information content (AvgIpc) is 3.52. The fourth-order valence-electron chi connectivity index (χ4n) is 6.21. The van der Waals surface area contributed by atoms with Crippen molar-refractivity contribution >= 4 is 0 Å². The van der Waals surface area contributed by atoms with Gasteiger partial charge in [-0.15, -0.1) is 0 Å². The summed E-state index contributed by atoms with van der Waals surface area (Å²) in [5, 5.41) is 10.8. The van der Waals surface area contributed by atoms with Crippen LogP contribution in [0.3, 0.4) is 0 Å². The molecule has 2 aromatic rings. The number of aliphatic hydroxyl groups is 1. The van der Waals surface area contributed by atoms with Gasteiger partial charge >= 0.3 is 0 Å². The first-order chi connectivity index (χ1) is 15.5. The van der Waals surface area contributed by atoms with Crippen LogP contribution < -0.4 is 9.47 Å². The molecular formula is C28H35O4. The molecule has 0 aromatic heterocycles. The first-order valence-corrected chi connectivity index (χ1v) is 12.0. The molecule has 2 aliphatic carbocycles. The van der Waals surface area contributed by atoms with Crippen LogP contribution in [-0.2, 0) is 17.6 Å². The van der Waals surface area contributed by atoms with Gasteiger partial charge in [0, 0.05) is 24.9 Å². The summed E-state index contributed by atoms with van der Waals surface area (Å²) < 4.78 is 18.2. The van der Waals surface area contributed by atoms with Crippen LogP contribution in [0.5, 0.6) is 11.5 Å². The highest BCUT2D eigenvalue weighted by atomic mass is 16.5. The van der Waals surface area contributed by atoms with Crippen molar-refractivity contribution in [2.75, 3.05) is 13.7 Å². The number of fused-ring (bicyclic) bond motifs is 1. The van der Waals surface area contributed by atoms with Crippen LogP contribution in [0.4, 0.5) is 0 Å². The van der Waals surface area contributed by atoms with E-state index in [9.17, 15) is 5.11 Å². The molecule has 2 fully saturated rings. The second-order valence-electron chi connectivity index (χ2n) is 10.1. The van der Waals surface area contributed by atoms with Crippen molar-refractivity contribution in [3.8, 4) is 11.5 Å². The Hall–Kier alpha value is -2.04. The number of methoxy groups -OCH3 is 1. The Balaban J connectivity index is 1.40. The van der Waals surface area contributed by atoms with Crippen LogP contribution in [0.2, 0.25) is 0 Å². The molecule has 0 amide bonds. The molecule has 5 atom stereocenters. The van der Waals surface area contributed by atoms with E-state index in [1.165, 1.54) is 16.7 Å². The number of hydrogen-bond acceptors (Lipinski definition) is 4. The van der Waals surface area contributed by atoms with Crippen molar-refractivity contribution in [2.45, 2.75) is 70.2 Å². The topological polar surface area (TPSA) is 47.9 Å². The molecule has 171 valence electrons. The molecule has 1 aliphatic heterocycles. The van der Waals surface area contributed by atoms with Crippen LogP contribution in [0.1, 0.15) is 55.7 Å². The second kappa shape index (κ2) is 8.72. The maximum atomic E-state index is 10.8. The lowest BCUT2D eigenvalue weighted by Gasteiger charge is -2.35. The lowest BCUT2D eigenvalue weighted by Crippen LogP contribution is -2.33. The molecular weight excluding hydrogens is 400 g/mol. The molecule has 1 heterocycles. The number of hydrogen-bond donors (Lipinski definition) is 1. The van der Waals surface area contributed by atoms with Gasteiger partial charge in [0.1, 0.15) is 6.10 Å². The largest absolute Gasteiger partial charge is 0.493 e. The van der Waals surface area contributed by atoms with Gasteiger partial charge in [0.25, 0.3) is 0 Å². The van der Waals surface area contributed by atoms with Gasteiger partial charge in [-0.1, -0.05) is 37.3 Å². The summed E-state index contributed by atoms with van der Waals surface area (Å²) >= 11 is 0. The van der Waals surface area contributed by atoms with Crippen LogP contribution in [0, 0.1) is 17.8 Å². The molecule has 2 aromatic carbocycles. The Labute approximate surface area is 191 Å². The van der Waals surface area contributed by atoms with E-state index in [2.05, 4.69) is 49.7 Å². The van der Waals surface area contributed by atoms with E-state index in [1.807, 2.05) is 13.0 Å². The summed E-state index contributed by atoms with van der Waals surface area (Å²) in [4.78, 5) is 0. The molecule has 0 bridgehead atoms. The average molecular weight is 436 g/mol. The number of aliphatic hydroxyl groups excluding tert-OH is 1. The number of benzene rings is 2. The Kier molecular flexibility index (Phi) is 5.94. The molecule has 3 aliphatic rings. The number of rotatable bonds is 6. The lowest BCUT2D eigenvalue weighted by atomic mass is 9.72. The molecule has 4 nitrogen and oxygen atoms in total. The van der Waals surface area contributed by atoms with Gasteiger partial charge in [0.05, 0.1) is 19.3 Å². The summed E-state index contributed by atoms with van der Waals surface area (Å²) in [7, 11) is 1.70. The van der Waals surface area contributed by atoms with E-state index in [0.29, 0.717) is 5.92 Å². The van der Waals surface area contributed by atoms with Gasteiger partial charge in [-0.05, 0) is 73.3 Å². The highest BCUT2D eigenvalue weighted by Gasteiger charge is 2.50. The smallest absolute Gasteiger partial charge is 0.161 e. The second-order valence-corrected chi connectivity index (χ2v) is 10.1. The molecule has 4 heteroatoms. The highest BCUT2D eigenvalue weighted by molar-refractivity contribution is 5.45. The van der Waals surface area contributed by atoms with Crippen molar-refractivity contribution < 1.29 is 19.3 Å². The SMILES string of the molecule is COc1ccc([C@@H]2CC(C3[CH]CCO3)C[C@@]2(C)[C@@H](C)O)cc1OC1Cc2ccccc2C1. The van der Waals surface area contributed by atoms with Crippen LogP contribution in [0.25, 0.3) is 0 Å². The maximum absolute atomic E-state index is 10.8. The van der Waals surface area contributed by atoms with Crippen molar-refractivity contribution in [1.82, 2.24) is 0 Å². The Bertz CT molecular complexity index is 923. The lowest BCUT2D eigenvalue weighted by molar-refractivity contribution is 0.0305. The molecule has 32 heavy (non-hydrogen) atoms. The minimum atomic E-state index is -0.394. The summed E-state index contributed by atoms with van der Waals surface area (Å²) in [6.07, 6.45) is 7.12. The van der Waals surface area contributed by atoms with E-state index < -0.39 is 6.10 Å². The standard InChI is InChI=1S/C28H35O4/c1-18(29)28(2)17-22(25-9-6-12-31-25)15-24(28)21-10-11-26(30-3)27(16-21)32-23-13-19-7-4-5-8-20(19)14-23/h4-5,7-11,16,18,22-25,29H,6,12-15,17H2,1-3H3/t18-,22?,24+,25?,28+/m1/s1. The third-order valence-electron chi connectivity index (χ3n) is 8.18. The minimum Gasteiger partial charge on any atom is -0.493 e. The van der Waals surface area contributed by atoms with Crippen LogP contribution in [-0.4, -0.2) is 37.1 Å². The van der Waals surface area contributed by atoms with Gasteiger partial charge < -0.3 is 19.3 Å². The fraction of sp³-hybridized carbons (Fsp3) is 0.536. The molecule has 1 saturated heterocycles. The predicted molar refractivity (Wildman–Crippen MR) is 125 cm³/mol. The van der Waals surface area contributed by atoms with Crippen molar-refractivity contribution in [3.05, 3.63) is 65.6 Å². The zero-order chi connectivity index (χ0) is 22.3. The third kappa shape index (κ3) is 3.92. The molecule has 2 unspecified atom stereocenters. The zero-order valence-corrected chi connectivity index (χ0v) is 19.4. The fourth-order valence-corrected chi connectivity index (χ4v) is 6.21. The summed E-state index contributed by atoms with van der Waals surface area (Å²) in [6, 6.07) is 14.9. The zero-order valence-electron chi connectivity index (χ0n) is 19.4. The first-order valence-electron chi connectivity index (χ1n) is 12.0. The van der Waals surface area contributed by atoms with E-state index in [4.69, 9.17) is 14.2 Å². The Morgan fingerprint density at radius 2 is 1.84 bits per heavy atom. The Morgan fingerprint density at radius 1 is 1.09 bits per heavy atom. The molecule has 1 N–H and O–H groups in total. The van der Waals surface area contributed by atoms with Crippen molar-refractivity contribution in [2.24, 2.45) is 11.3 Å². The summed E-state index contributed by atoms with van der Waals surface area (Å²) in [5.41, 5.74) is 3.78. The van der Waals surface area contributed by atoms with E-state index in [-0.39, 0.29) is 23.5 Å². The third-order valence-corrected chi connectivity index (χ3v) is 8.18. The van der Waals surface area contributed by atoms with Gasteiger partial charge in [-0.2, -0.15) is 0 Å². The molecule has 5 rings (SSSR count). The minimum absolute atomic E-state index is 0.123. The monoisotopic (exact) mass is 435 g/mol. The van der Waals surface area contributed by atoms with Crippen LogP contribution >= 0.6 is 0 Å². The highest BCUT2D eigenvalue weighted by Crippen LogP contribution is 2.56. The quantitative estimate of drug-likeness (QED) is 0.685. The predicted octanol–water partition coefficient (Wildman–Crippen LogP) is 5.12.